The van der Waals surface area contributed by atoms with E-state index in [-0.39, 0.29) is 29.3 Å². The largest absolute Gasteiger partial charge is 0.456 e. The van der Waals surface area contributed by atoms with Gasteiger partial charge in [0, 0.05) is 17.5 Å². The minimum atomic E-state index is -0.768. The Morgan fingerprint density at radius 1 is 1.46 bits per heavy atom. The van der Waals surface area contributed by atoms with Crippen molar-refractivity contribution in [3.8, 4) is 0 Å². The number of hydrogen-bond donors (Lipinski definition) is 1. The molecule has 3 atom stereocenters. The van der Waals surface area contributed by atoms with Crippen LogP contribution in [0.15, 0.2) is 35.4 Å². The van der Waals surface area contributed by atoms with Crippen LogP contribution in [-0.2, 0) is 20.9 Å². The molecule has 0 bridgehead atoms. The quantitative estimate of drug-likeness (QED) is 0.370. The number of nitro groups is 1. The molecule has 8 nitrogen and oxygen atoms in total. The van der Waals surface area contributed by atoms with Crippen LogP contribution >= 0.6 is 11.8 Å². The first-order valence-corrected chi connectivity index (χ1v) is 8.11. The van der Waals surface area contributed by atoms with E-state index < -0.39 is 22.9 Å². The van der Waals surface area contributed by atoms with Crippen LogP contribution in [-0.4, -0.2) is 38.3 Å². The van der Waals surface area contributed by atoms with E-state index in [9.17, 15) is 24.8 Å². The van der Waals surface area contributed by atoms with Gasteiger partial charge in [-0.15, -0.1) is 11.8 Å². The predicted molar refractivity (Wildman–Crippen MR) is 84.4 cm³/mol. The zero-order valence-corrected chi connectivity index (χ0v) is 13.4. The lowest BCUT2D eigenvalue weighted by Gasteiger charge is -2.43. The Hall–Kier alpha value is -2.39. The number of amides is 1. The second-order valence-corrected chi connectivity index (χ2v) is 6.49. The molecular formula is C15H14N2O6S. The van der Waals surface area contributed by atoms with Crippen LogP contribution in [0.2, 0.25) is 0 Å². The molecule has 3 rings (SSSR count). The normalized spacial score (nSPS) is 23.2. The molecule has 126 valence electrons. The fraction of sp³-hybridized carbons (Fsp3) is 0.333. The maximum atomic E-state index is 12.1. The van der Waals surface area contributed by atoms with Gasteiger partial charge in [0.2, 0.25) is 5.91 Å². The number of non-ortho nitro benzene ring substituents is 1. The number of ether oxygens (including phenoxy) is 1. The number of aliphatic hydroxyl groups excluding tert-OH is 1. The Labute approximate surface area is 141 Å². The molecule has 1 aromatic rings. The molecule has 1 fully saturated rings. The molecule has 2 aliphatic heterocycles. The number of hydrogen-bond acceptors (Lipinski definition) is 7. The van der Waals surface area contributed by atoms with Gasteiger partial charge in [0.25, 0.3) is 5.69 Å². The first-order chi connectivity index (χ1) is 11.4. The predicted octanol–water partition coefficient (Wildman–Crippen LogP) is 1.39. The molecule has 1 aromatic carbocycles. The van der Waals surface area contributed by atoms with Gasteiger partial charge in [-0.1, -0.05) is 0 Å². The molecule has 2 heterocycles. The first kappa shape index (κ1) is 16.5. The van der Waals surface area contributed by atoms with Crippen molar-refractivity contribution < 1.29 is 24.4 Å². The van der Waals surface area contributed by atoms with Crippen molar-refractivity contribution in [3.05, 3.63) is 51.0 Å². The number of benzene rings is 1. The molecular weight excluding hydrogens is 336 g/mol. The number of esters is 1. The summed E-state index contributed by atoms with van der Waals surface area (Å²) in [6.45, 7) is 1.50. The molecule has 0 aliphatic carbocycles. The Kier molecular flexibility index (Phi) is 4.29. The molecule has 0 radical (unpaired) electrons. The van der Waals surface area contributed by atoms with Gasteiger partial charge in [-0.25, -0.2) is 4.79 Å². The third-order valence-electron chi connectivity index (χ3n) is 3.91. The van der Waals surface area contributed by atoms with Crippen molar-refractivity contribution in [1.82, 2.24) is 4.90 Å². The second kappa shape index (κ2) is 6.25. The van der Waals surface area contributed by atoms with E-state index in [2.05, 4.69) is 0 Å². The molecule has 0 saturated carbocycles. The van der Waals surface area contributed by atoms with E-state index in [1.54, 1.807) is 12.3 Å². The highest BCUT2D eigenvalue weighted by Crippen LogP contribution is 2.46. The SMILES string of the molecule is C[C@@H](O)[C@@H]1C(=O)N2C(C(=O)OCc3ccc([N+](=O)[O-])cc3)=CS[C@H]12. The van der Waals surface area contributed by atoms with Gasteiger partial charge >= 0.3 is 5.97 Å². The van der Waals surface area contributed by atoms with Crippen LogP contribution < -0.4 is 0 Å². The fourth-order valence-corrected chi connectivity index (χ4v) is 3.94. The maximum absolute atomic E-state index is 12.1. The van der Waals surface area contributed by atoms with E-state index in [0.29, 0.717) is 5.56 Å². The van der Waals surface area contributed by atoms with Gasteiger partial charge in [0.15, 0.2) is 0 Å². The van der Waals surface area contributed by atoms with Gasteiger partial charge in [0.1, 0.15) is 17.7 Å². The van der Waals surface area contributed by atoms with Crippen molar-refractivity contribution in [1.29, 1.82) is 0 Å². The summed E-state index contributed by atoms with van der Waals surface area (Å²) in [5.74, 6) is -1.44. The van der Waals surface area contributed by atoms with Crippen LogP contribution in [0.5, 0.6) is 0 Å². The lowest BCUT2D eigenvalue weighted by atomic mass is 9.92. The number of thioether (sulfide) groups is 1. The molecule has 24 heavy (non-hydrogen) atoms. The maximum Gasteiger partial charge on any atom is 0.355 e. The number of carbonyl (C=O) groups excluding carboxylic acids is 2. The minimum absolute atomic E-state index is 0.0434. The molecule has 2 aliphatic rings. The molecule has 1 N–H and O–H groups in total. The first-order valence-electron chi connectivity index (χ1n) is 7.17. The summed E-state index contributed by atoms with van der Waals surface area (Å²) < 4.78 is 5.16. The average molecular weight is 350 g/mol. The standard InChI is InChI=1S/C15H14N2O6S/c1-8(18)12-13(19)16-11(7-24-14(12)16)15(20)23-6-9-2-4-10(5-3-9)17(21)22/h2-5,7-8,12,14,18H,6H2,1H3/t8-,12-,14-/m1/s1. The summed E-state index contributed by atoms with van der Waals surface area (Å²) in [5, 5.41) is 21.5. The van der Waals surface area contributed by atoms with E-state index in [1.165, 1.54) is 40.9 Å². The van der Waals surface area contributed by atoms with Crippen molar-refractivity contribution in [2.24, 2.45) is 5.92 Å². The second-order valence-electron chi connectivity index (χ2n) is 5.50. The lowest BCUT2D eigenvalue weighted by Crippen LogP contribution is -2.60. The van der Waals surface area contributed by atoms with Crippen LogP contribution in [0.25, 0.3) is 0 Å². The van der Waals surface area contributed by atoms with Crippen molar-refractivity contribution in [2.75, 3.05) is 0 Å². The average Bonchev–Trinajstić information content (AvgIpc) is 2.91. The number of fused-ring (bicyclic) bond motifs is 1. The van der Waals surface area contributed by atoms with Gasteiger partial charge in [-0.3, -0.25) is 19.8 Å². The highest BCUT2D eigenvalue weighted by molar-refractivity contribution is 8.03. The summed E-state index contributed by atoms with van der Waals surface area (Å²) >= 11 is 1.30. The third kappa shape index (κ3) is 2.76. The Bertz CT molecular complexity index is 730. The molecule has 9 heteroatoms. The Balaban J connectivity index is 1.59. The lowest BCUT2D eigenvalue weighted by molar-refractivity contribution is -0.384. The molecule has 0 spiro atoms. The number of nitrogens with zero attached hydrogens (tertiary/aromatic N) is 2. The van der Waals surface area contributed by atoms with E-state index >= 15 is 0 Å². The number of carbonyl (C=O) groups is 2. The van der Waals surface area contributed by atoms with Gasteiger partial charge in [-0.05, 0) is 24.6 Å². The summed E-state index contributed by atoms with van der Waals surface area (Å²) in [6.07, 6.45) is -0.768. The highest BCUT2D eigenvalue weighted by Gasteiger charge is 2.55. The Morgan fingerprint density at radius 3 is 2.71 bits per heavy atom. The van der Waals surface area contributed by atoms with Crippen molar-refractivity contribution >= 4 is 29.3 Å². The number of β-lactam (4-membered cyclic amide) rings is 1. The van der Waals surface area contributed by atoms with Crippen molar-refractivity contribution in [3.63, 3.8) is 0 Å². The zero-order chi connectivity index (χ0) is 17.4. The van der Waals surface area contributed by atoms with Crippen LogP contribution in [0.3, 0.4) is 0 Å². The fourth-order valence-electron chi connectivity index (χ4n) is 2.61. The molecule has 1 saturated heterocycles. The van der Waals surface area contributed by atoms with E-state index in [4.69, 9.17) is 4.74 Å². The highest BCUT2D eigenvalue weighted by atomic mass is 32.2. The number of rotatable bonds is 5. The van der Waals surface area contributed by atoms with Gasteiger partial charge in [-0.2, -0.15) is 0 Å². The van der Waals surface area contributed by atoms with E-state index in [0.717, 1.165) is 0 Å². The van der Waals surface area contributed by atoms with Gasteiger partial charge < -0.3 is 9.84 Å². The smallest absolute Gasteiger partial charge is 0.355 e. The topological polar surface area (TPSA) is 110 Å². The zero-order valence-electron chi connectivity index (χ0n) is 12.6. The van der Waals surface area contributed by atoms with Crippen molar-refractivity contribution in [2.45, 2.75) is 25.0 Å². The van der Waals surface area contributed by atoms with E-state index in [1.807, 2.05) is 0 Å². The summed E-state index contributed by atoms with van der Waals surface area (Å²) in [4.78, 5) is 35.6. The molecule has 1 amide bonds. The number of aliphatic hydroxyl groups is 1. The van der Waals surface area contributed by atoms with Crippen LogP contribution in [0.4, 0.5) is 5.69 Å². The molecule has 0 aromatic heterocycles. The van der Waals surface area contributed by atoms with Crippen LogP contribution in [0, 0.1) is 16.0 Å². The minimum Gasteiger partial charge on any atom is -0.456 e. The Morgan fingerprint density at radius 2 is 2.12 bits per heavy atom. The summed E-state index contributed by atoms with van der Waals surface area (Å²) in [7, 11) is 0. The molecule has 0 unspecified atom stereocenters. The monoisotopic (exact) mass is 350 g/mol. The number of nitro benzene ring substituents is 1. The summed E-state index contributed by atoms with van der Waals surface area (Å²) in [5.41, 5.74) is 0.723. The third-order valence-corrected chi connectivity index (χ3v) is 5.05. The van der Waals surface area contributed by atoms with Crippen LogP contribution in [0.1, 0.15) is 12.5 Å². The summed E-state index contributed by atoms with van der Waals surface area (Å²) in [6, 6.07) is 5.67. The van der Waals surface area contributed by atoms with Gasteiger partial charge in [0.05, 0.1) is 16.9 Å².